The first-order valence-corrected chi connectivity index (χ1v) is 4.58. The van der Waals surface area contributed by atoms with Crippen LogP contribution >= 0.6 is 0 Å². The van der Waals surface area contributed by atoms with Crippen molar-refractivity contribution in [3.63, 3.8) is 0 Å². The van der Waals surface area contributed by atoms with E-state index in [1.165, 1.54) is 23.4 Å². The fourth-order valence-electron chi connectivity index (χ4n) is 1.09. The second-order valence-corrected chi connectivity index (χ2v) is 3.38. The average molecular weight is 220 g/mol. The third-order valence-corrected chi connectivity index (χ3v) is 1.83. The van der Waals surface area contributed by atoms with Gasteiger partial charge < -0.3 is 10.0 Å². The Morgan fingerprint density at radius 3 is 2.62 bits per heavy atom. The van der Waals surface area contributed by atoms with Crippen molar-refractivity contribution in [3.8, 4) is 0 Å². The molecule has 16 heavy (non-hydrogen) atoms. The van der Waals surface area contributed by atoms with Crippen molar-refractivity contribution in [1.29, 1.82) is 0 Å². The lowest BCUT2D eigenvalue weighted by atomic mass is 10.2. The van der Waals surface area contributed by atoms with Gasteiger partial charge in [0.05, 0.1) is 5.56 Å². The van der Waals surface area contributed by atoms with Gasteiger partial charge in [0.2, 0.25) is 0 Å². The van der Waals surface area contributed by atoms with Crippen LogP contribution in [0.5, 0.6) is 0 Å². The maximum atomic E-state index is 11.6. The third kappa shape index (κ3) is 3.20. The Hall–Kier alpha value is -2.17. The first-order valence-electron chi connectivity index (χ1n) is 4.58. The number of aliphatic carboxylic acids is 1. The van der Waals surface area contributed by atoms with Crippen LogP contribution in [0.15, 0.2) is 24.5 Å². The molecule has 0 bridgehead atoms. The molecule has 0 aliphatic heterocycles. The van der Waals surface area contributed by atoms with Crippen LogP contribution in [0.25, 0.3) is 6.08 Å². The van der Waals surface area contributed by atoms with Gasteiger partial charge >= 0.3 is 5.97 Å². The number of pyridine rings is 1. The van der Waals surface area contributed by atoms with Crippen LogP contribution in [0.3, 0.4) is 0 Å². The van der Waals surface area contributed by atoms with Crippen molar-refractivity contribution >= 4 is 18.0 Å². The highest BCUT2D eigenvalue weighted by atomic mass is 16.4. The molecule has 1 aromatic rings. The summed E-state index contributed by atoms with van der Waals surface area (Å²) in [4.78, 5) is 27.2. The first kappa shape index (κ1) is 11.9. The molecule has 0 radical (unpaired) electrons. The van der Waals surface area contributed by atoms with Crippen molar-refractivity contribution in [2.24, 2.45) is 0 Å². The smallest absolute Gasteiger partial charge is 0.328 e. The molecule has 1 aromatic heterocycles. The normalized spacial score (nSPS) is 10.4. The minimum absolute atomic E-state index is 0.168. The maximum Gasteiger partial charge on any atom is 0.328 e. The Kier molecular flexibility index (Phi) is 3.77. The molecule has 1 amide bonds. The number of amides is 1. The topological polar surface area (TPSA) is 70.5 Å². The SMILES string of the molecule is CN(C)C(=O)c1cncc(C=CC(=O)O)c1. The molecule has 1 heterocycles. The number of carboxylic acids is 1. The lowest BCUT2D eigenvalue weighted by molar-refractivity contribution is -0.131. The molecule has 0 aliphatic rings. The standard InChI is InChI=1S/C11H12N2O3/c1-13(2)11(16)9-5-8(6-12-7-9)3-4-10(14)15/h3-7H,1-2H3,(H,14,15). The number of nitrogens with zero attached hydrogens (tertiary/aromatic N) is 2. The zero-order chi connectivity index (χ0) is 12.1. The summed E-state index contributed by atoms with van der Waals surface area (Å²) < 4.78 is 0. The molecule has 0 spiro atoms. The molecule has 0 fully saturated rings. The van der Waals surface area contributed by atoms with Gasteiger partial charge in [-0.05, 0) is 17.7 Å². The number of carbonyl (C=O) groups is 2. The van der Waals surface area contributed by atoms with E-state index in [1.807, 2.05) is 0 Å². The Morgan fingerprint density at radius 2 is 2.06 bits per heavy atom. The van der Waals surface area contributed by atoms with Crippen molar-refractivity contribution < 1.29 is 14.7 Å². The minimum Gasteiger partial charge on any atom is -0.478 e. The largest absolute Gasteiger partial charge is 0.478 e. The lowest BCUT2D eigenvalue weighted by Crippen LogP contribution is -2.21. The number of rotatable bonds is 3. The van der Waals surface area contributed by atoms with Gasteiger partial charge in [-0.15, -0.1) is 0 Å². The molecule has 5 heteroatoms. The molecule has 1 N–H and O–H groups in total. The van der Waals surface area contributed by atoms with Crippen LogP contribution in [0.4, 0.5) is 0 Å². The van der Waals surface area contributed by atoms with Gasteiger partial charge in [0.25, 0.3) is 5.91 Å². The van der Waals surface area contributed by atoms with Gasteiger partial charge in [-0.1, -0.05) is 0 Å². The zero-order valence-electron chi connectivity index (χ0n) is 9.04. The van der Waals surface area contributed by atoms with Crippen molar-refractivity contribution in [2.45, 2.75) is 0 Å². The fraction of sp³-hybridized carbons (Fsp3) is 0.182. The summed E-state index contributed by atoms with van der Waals surface area (Å²) in [5.41, 5.74) is 1.01. The Morgan fingerprint density at radius 1 is 1.38 bits per heavy atom. The van der Waals surface area contributed by atoms with Crippen molar-refractivity contribution in [2.75, 3.05) is 14.1 Å². The van der Waals surface area contributed by atoms with Gasteiger partial charge in [-0.3, -0.25) is 9.78 Å². The van der Waals surface area contributed by atoms with Gasteiger partial charge in [0.1, 0.15) is 0 Å². The van der Waals surface area contributed by atoms with Crippen LogP contribution in [0, 0.1) is 0 Å². The number of carboxylic acid groups (broad SMARTS) is 1. The van der Waals surface area contributed by atoms with Gasteiger partial charge in [-0.2, -0.15) is 0 Å². The second kappa shape index (κ2) is 5.06. The van der Waals surface area contributed by atoms with E-state index in [9.17, 15) is 9.59 Å². The quantitative estimate of drug-likeness (QED) is 0.768. The summed E-state index contributed by atoms with van der Waals surface area (Å²) in [7, 11) is 3.28. The fourth-order valence-corrected chi connectivity index (χ4v) is 1.09. The molecular formula is C11H12N2O3. The van der Waals surface area contributed by atoms with Crippen LogP contribution in [0.1, 0.15) is 15.9 Å². The van der Waals surface area contributed by atoms with Crippen molar-refractivity contribution in [1.82, 2.24) is 9.88 Å². The zero-order valence-corrected chi connectivity index (χ0v) is 9.04. The van der Waals surface area contributed by atoms with E-state index in [-0.39, 0.29) is 5.91 Å². The summed E-state index contributed by atoms with van der Waals surface area (Å²) in [6.45, 7) is 0. The maximum absolute atomic E-state index is 11.6. The van der Waals surface area contributed by atoms with Gasteiger partial charge in [-0.25, -0.2) is 4.79 Å². The third-order valence-electron chi connectivity index (χ3n) is 1.83. The summed E-state index contributed by atoms with van der Waals surface area (Å²) in [6.07, 6.45) is 5.33. The molecule has 0 aliphatic carbocycles. The Bertz CT molecular complexity index is 439. The number of carbonyl (C=O) groups excluding carboxylic acids is 1. The molecule has 0 saturated heterocycles. The monoisotopic (exact) mass is 220 g/mol. The lowest BCUT2D eigenvalue weighted by Gasteiger charge is -2.09. The van der Waals surface area contributed by atoms with E-state index < -0.39 is 5.97 Å². The van der Waals surface area contributed by atoms with Crippen LogP contribution < -0.4 is 0 Å². The molecule has 0 unspecified atom stereocenters. The predicted molar refractivity (Wildman–Crippen MR) is 58.9 cm³/mol. The molecule has 0 saturated carbocycles. The van der Waals surface area contributed by atoms with Crippen LogP contribution in [0.2, 0.25) is 0 Å². The van der Waals surface area contributed by atoms with Crippen LogP contribution in [-0.4, -0.2) is 41.0 Å². The highest BCUT2D eigenvalue weighted by molar-refractivity contribution is 5.94. The first-order chi connectivity index (χ1) is 7.50. The molecule has 5 nitrogen and oxygen atoms in total. The molecule has 0 aromatic carbocycles. The number of hydrogen-bond donors (Lipinski definition) is 1. The number of aromatic nitrogens is 1. The van der Waals surface area contributed by atoms with E-state index in [0.717, 1.165) is 6.08 Å². The molecular weight excluding hydrogens is 208 g/mol. The molecule has 0 atom stereocenters. The second-order valence-electron chi connectivity index (χ2n) is 3.38. The Labute approximate surface area is 93.0 Å². The minimum atomic E-state index is -1.04. The Balaban J connectivity index is 2.95. The van der Waals surface area contributed by atoms with Crippen molar-refractivity contribution in [3.05, 3.63) is 35.7 Å². The highest BCUT2D eigenvalue weighted by Crippen LogP contribution is 2.06. The van der Waals surface area contributed by atoms with E-state index in [4.69, 9.17) is 5.11 Å². The average Bonchev–Trinajstić information content (AvgIpc) is 2.25. The molecule has 84 valence electrons. The summed E-state index contributed by atoms with van der Waals surface area (Å²) in [5, 5.41) is 8.46. The van der Waals surface area contributed by atoms with E-state index in [2.05, 4.69) is 4.98 Å². The summed E-state index contributed by atoms with van der Waals surface area (Å²) in [6, 6.07) is 1.59. The van der Waals surface area contributed by atoms with Gasteiger partial charge in [0.15, 0.2) is 0 Å². The predicted octanol–water partition coefficient (Wildman–Crippen LogP) is 0.881. The molecule has 1 rings (SSSR count). The van der Waals surface area contributed by atoms with E-state index >= 15 is 0 Å². The van der Waals surface area contributed by atoms with Gasteiger partial charge in [0, 0.05) is 32.6 Å². The highest BCUT2D eigenvalue weighted by Gasteiger charge is 2.07. The summed E-state index contributed by atoms with van der Waals surface area (Å²) in [5.74, 6) is -1.21. The summed E-state index contributed by atoms with van der Waals surface area (Å²) >= 11 is 0. The van der Waals surface area contributed by atoms with E-state index in [1.54, 1.807) is 20.2 Å². The number of hydrogen-bond acceptors (Lipinski definition) is 3. The van der Waals surface area contributed by atoms with E-state index in [0.29, 0.717) is 11.1 Å². The van der Waals surface area contributed by atoms with Crippen LogP contribution in [-0.2, 0) is 4.79 Å².